The summed E-state index contributed by atoms with van der Waals surface area (Å²) in [6, 6.07) is 11.8. The van der Waals surface area contributed by atoms with E-state index in [9.17, 15) is 24.3 Å². The molecule has 1 aliphatic carbocycles. The number of benzene rings is 2. The Morgan fingerprint density at radius 1 is 1.00 bits per heavy atom. The van der Waals surface area contributed by atoms with Crippen LogP contribution in [0.5, 0.6) is 11.5 Å². The molecule has 5 amide bonds. The van der Waals surface area contributed by atoms with Gasteiger partial charge in [-0.05, 0) is 80.4 Å². The molecule has 0 unspecified atom stereocenters. The molecule has 17 heteroatoms. The van der Waals surface area contributed by atoms with Gasteiger partial charge in [-0.15, -0.1) is 11.3 Å². The number of nitrogens with one attached hydrogen (secondary N) is 4. The van der Waals surface area contributed by atoms with E-state index in [4.69, 9.17) is 19.4 Å². The number of aliphatic carboxylic acids is 1. The maximum Gasteiger partial charge on any atom is 0.337 e. The van der Waals surface area contributed by atoms with Crippen molar-refractivity contribution in [2.24, 2.45) is 5.41 Å². The van der Waals surface area contributed by atoms with Gasteiger partial charge in [0, 0.05) is 54.0 Å². The molecule has 5 heterocycles. The van der Waals surface area contributed by atoms with Gasteiger partial charge in [-0.2, -0.15) is 0 Å². The maximum absolute atomic E-state index is 15.0. The quantitative estimate of drug-likeness (QED) is 0.0975. The first-order valence-electron chi connectivity index (χ1n) is 23.4. The first-order chi connectivity index (χ1) is 32.0. The number of hydrogen-bond acceptors (Lipinski definition) is 11. The number of rotatable bonds is 11. The summed E-state index contributed by atoms with van der Waals surface area (Å²) >= 11 is 1.46. The lowest BCUT2D eigenvalue weighted by Crippen LogP contribution is -2.59. The maximum atomic E-state index is 15.0. The third-order valence-electron chi connectivity index (χ3n) is 13.3. The van der Waals surface area contributed by atoms with Gasteiger partial charge in [-0.3, -0.25) is 14.4 Å². The SMILES string of the molecule is COc1ccc2c(O[C@@H]3C[C@H]4C(=O)N[C@]5(C(=O)O)C=C5CCCCCCC[C@H](NC(=O)N[C@H](CN5CCc6ccccc6C5=O)C(C)(C)C)C(=O)N4C3)cc(-c3csc(NC(C)C)n3)nc2c1. The Hall–Kier alpha value is -6.23. The van der Waals surface area contributed by atoms with Gasteiger partial charge in [0.15, 0.2) is 10.7 Å². The summed E-state index contributed by atoms with van der Waals surface area (Å²) in [5.41, 5.74) is 2.01. The lowest BCUT2D eigenvalue weighted by atomic mass is 9.85. The Kier molecular flexibility index (Phi) is 13.8. The van der Waals surface area contributed by atoms with E-state index in [1.807, 2.05) is 70.3 Å². The van der Waals surface area contributed by atoms with E-state index < -0.39 is 59.0 Å². The van der Waals surface area contributed by atoms with Crippen molar-refractivity contribution in [2.45, 2.75) is 128 Å². The highest BCUT2D eigenvalue weighted by Crippen LogP contribution is 2.40. The molecule has 4 aliphatic rings. The molecule has 2 aromatic heterocycles. The smallest absolute Gasteiger partial charge is 0.337 e. The topological polar surface area (TPSA) is 204 Å². The average molecular weight is 935 g/mol. The number of amides is 5. The second-order valence-corrected chi connectivity index (χ2v) is 20.4. The van der Waals surface area contributed by atoms with Crippen molar-refractivity contribution < 1.29 is 38.6 Å². The van der Waals surface area contributed by atoms with E-state index in [1.165, 1.54) is 16.2 Å². The number of carbonyl (C=O) groups excluding carboxylic acids is 4. The normalized spacial score (nSPS) is 22.9. The summed E-state index contributed by atoms with van der Waals surface area (Å²) in [5.74, 6) is -1.30. The van der Waals surface area contributed by atoms with Crippen LogP contribution in [0.25, 0.3) is 22.3 Å². The minimum absolute atomic E-state index is 0.0191. The minimum Gasteiger partial charge on any atom is -0.497 e. The van der Waals surface area contributed by atoms with Crippen LogP contribution in [-0.4, -0.2) is 117 Å². The van der Waals surface area contributed by atoms with Crippen molar-refractivity contribution >= 4 is 57.1 Å². The Morgan fingerprint density at radius 3 is 2.54 bits per heavy atom. The molecule has 5 atom stereocenters. The van der Waals surface area contributed by atoms with Crippen molar-refractivity contribution in [3.8, 4) is 22.9 Å². The van der Waals surface area contributed by atoms with Crippen LogP contribution in [-0.2, 0) is 20.8 Å². The van der Waals surface area contributed by atoms with E-state index in [-0.39, 0.29) is 31.5 Å². The van der Waals surface area contributed by atoms with Crippen molar-refractivity contribution in [1.29, 1.82) is 0 Å². The van der Waals surface area contributed by atoms with Crippen LogP contribution < -0.4 is 30.7 Å². The highest BCUT2D eigenvalue weighted by molar-refractivity contribution is 7.14. The molecule has 3 aliphatic heterocycles. The number of carbonyl (C=O) groups is 5. The van der Waals surface area contributed by atoms with Crippen molar-refractivity contribution in [2.75, 3.05) is 32.1 Å². The zero-order valence-corrected chi connectivity index (χ0v) is 40.0. The van der Waals surface area contributed by atoms with Gasteiger partial charge in [0.2, 0.25) is 11.8 Å². The van der Waals surface area contributed by atoms with Crippen LogP contribution in [0.3, 0.4) is 0 Å². The van der Waals surface area contributed by atoms with Gasteiger partial charge in [0.05, 0.1) is 30.9 Å². The summed E-state index contributed by atoms with van der Waals surface area (Å²) < 4.78 is 12.3. The molecular formula is C50H62N8O8S. The molecule has 2 aromatic carbocycles. The van der Waals surface area contributed by atoms with Crippen LogP contribution in [0, 0.1) is 5.41 Å². The van der Waals surface area contributed by atoms with Crippen LogP contribution in [0.4, 0.5) is 9.93 Å². The third-order valence-corrected chi connectivity index (χ3v) is 14.0. The van der Waals surface area contributed by atoms with E-state index in [1.54, 1.807) is 36.3 Å². The standard InChI is InChI=1S/C50H62N8O8S/c1-29(2)51-48-54-39(28-67-48)38-24-41(35-19-18-32(65-6)22-37(35)52-38)66-33-23-40-43(59)56-50(46(62)63)25-31(50)15-10-8-7-9-11-17-36(45(61)58(40)26-33)53-47(64)55-42(49(3,4)5)27-57-21-20-30-14-12-13-16-34(30)44(57)60/h12-14,16,18-19,22,24-25,28-29,33,36,40,42H,7-11,15,17,20-21,23,26-27H2,1-6H3,(H,51,54)(H,56,59)(H,62,63)(H2,53,55,64)/t33-,36+,40+,42-,50-/m1/s1. The number of thiazole rings is 1. The summed E-state index contributed by atoms with van der Waals surface area (Å²) in [6.45, 7) is 10.8. The lowest BCUT2D eigenvalue weighted by Gasteiger charge is -2.38. The average Bonchev–Trinajstić information content (AvgIpc) is 3.55. The Labute approximate surface area is 395 Å². The van der Waals surface area contributed by atoms with Gasteiger partial charge in [-0.1, -0.05) is 64.7 Å². The number of fused-ring (bicyclic) bond motifs is 4. The molecule has 0 saturated carbocycles. The van der Waals surface area contributed by atoms with Crippen LogP contribution in [0.15, 0.2) is 65.6 Å². The second-order valence-electron chi connectivity index (χ2n) is 19.5. The van der Waals surface area contributed by atoms with Crippen LogP contribution >= 0.6 is 11.3 Å². The zero-order valence-electron chi connectivity index (χ0n) is 39.1. The highest BCUT2D eigenvalue weighted by atomic mass is 32.1. The molecule has 0 radical (unpaired) electrons. The van der Waals surface area contributed by atoms with Crippen molar-refractivity contribution in [1.82, 2.24) is 35.7 Å². The van der Waals surface area contributed by atoms with E-state index in [0.29, 0.717) is 77.2 Å². The summed E-state index contributed by atoms with van der Waals surface area (Å²) in [5, 5.41) is 26.0. The molecule has 0 bridgehead atoms. The fourth-order valence-electron chi connectivity index (χ4n) is 9.35. The number of pyridine rings is 1. The van der Waals surface area contributed by atoms with Gasteiger partial charge in [0.1, 0.15) is 35.4 Å². The molecule has 67 heavy (non-hydrogen) atoms. The van der Waals surface area contributed by atoms with Gasteiger partial charge in [-0.25, -0.2) is 19.6 Å². The van der Waals surface area contributed by atoms with E-state index >= 15 is 4.79 Å². The number of nitrogens with zero attached hydrogens (tertiary/aromatic N) is 4. The fraction of sp³-hybridized carbons (Fsp3) is 0.500. The summed E-state index contributed by atoms with van der Waals surface area (Å²) in [4.78, 5) is 82.9. The molecular weight excluding hydrogens is 873 g/mol. The Bertz CT molecular complexity index is 2570. The number of anilines is 1. The molecule has 0 spiro atoms. The van der Waals surface area contributed by atoms with Gasteiger partial charge in [0.25, 0.3) is 5.91 Å². The molecule has 2 saturated heterocycles. The third kappa shape index (κ3) is 10.5. The predicted octanol–water partition coefficient (Wildman–Crippen LogP) is 6.94. The zero-order chi connectivity index (χ0) is 47.6. The summed E-state index contributed by atoms with van der Waals surface area (Å²) in [6.07, 6.45) is 6.38. The first-order valence-corrected chi connectivity index (χ1v) is 24.3. The van der Waals surface area contributed by atoms with Gasteiger partial charge < -0.3 is 45.6 Å². The van der Waals surface area contributed by atoms with Crippen molar-refractivity contribution in [3.05, 3.63) is 76.7 Å². The molecule has 4 aromatic rings. The van der Waals surface area contributed by atoms with Gasteiger partial charge >= 0.3 is 12.0 Å². The molecule has 16 nitrogen and oxygen atoms in total. The number of carboxylic acid groups (broad SMARTS) is 1. The fourth-order valence-corrected chi connectivity index (χ4v) is 10.2. The largest absolute Gasteiger partial charge is 0.497 e. The molecule has 8 rings (SSSR count). The molecule has 2 fully saturated rings. The van der Waals surface area contributed by atoms with E-state index in [2.05, 4.69) is 21.3 Å². The lowest BCUT2D eigenvalue weighted by molar-refractivity contribution is -0.144. The molecule has 5 N–H and O–H groups in total. The van der Waals surface area contributed by atoms with Crippen molar-refractivity contribution in [3.63, 3.8) is 0 Å². The number of ether oxygens (including phenoxy) is 2. The predicted molar refractivity (Wildman–Crippen MR) is 256 cm³/mol. The van der Waals surface area contributed by atoms with Crippen LogP contribution in [0.1, 0.15) is 102 Å². The van der Waals surface area contributed by atoms with Crippen LogP contribution in [0.2, 0.25) is 0 Å². The Morgan fingerprint density at radius 2 is 1.78 bits per heavy atom. The molecule has 356 valence electrons. The minimum atomic E-state index is -1.62. The number of aromatic nitrogens is 2. The number of urea groups is 1. The number of hydrogen-bond donors (Lipinski definition) is 5. The Balaban J connectivity index is 1.07. The highest BCUT2D eigenvalue weighted by Gasteiger charge is 2.54. The first kappa shape index (κ1) is 47.3. The number of carboxylic acids is 1. The summed E-state index contributed by atoms with van der Waals surface area (Å²) in [7, 11) is 1.58. The van der Waals surface area contributed by atoms with E-state index in [0.717, 1.165) is 36.4 Å². The second kappa shape index (κ2) is 19.5. The number of methoxy groups -OCH3 is 1. The monoisotopic (exact) mass is 934 g/mol.